The highest BCUT2D eigenvalue weighted by Gasteiger charge is 2.20. The van der Waals surface area contributed by atoms with E-state index in [0.29, 0.717) is 11.2 Å². The van der Waals surface area contributed by atoms with Crippen LogP contribution in [0.4, 0.5) is 5.82 Å². The fraction of sp³-hybridized carbons (Fsp3) is 0.300. The molecule has 6 heterocycles. The van der Waals surface area contributed by atoms with E-state index < -0.39 is 0 Å². The normalized spacial score (nSPS) is 16.2. The zero-order valence-electron chi connectivity index (χ0n) is 29.9. The van der Waals surface area contributed by atoms with Gasteiger partial charge in [0.2, 0.25) is 0 Å². The van der Waals surface area contributed by atoms with Gasteiger partial charge in [-0.25, -0.2) is 19.0 Å². The second kappa shape index (κ2) is 14.9. The molecule has 0 atom stereocenters. The Bertz CT molecular complexity index is 2530. The van der Waals surface area contributed by atoms with Gasteiger partial charge in [0.1, 0.15) is 33.9 Å². The minimum absolute atomic E-state index is 0.133. The van der Waals surface area contributed by atoms with Gasteiger partial charge in [-0.05, 0) is 113 Å². The lowest BCUT2D eigenvalue weighted by Gasteiger charge is -2.26. The maximum absolute atomic E-state index is 9.73. The number of aliphatic hydroxyl groups excluding tert-OH is 1. The van der Waals surface area contributed by atoms with Gasteiger partial charge in [-0.3, -0.25) is 0 Å². The quantitative estimate of drug-likeness (QED) is 0.157. The number of nitrogens with one attached hydrogen (secondary N) is 1. The Morgan fingerprint density at radius 1 is 0.717 bits per heavy atom. The third-order valence-corrected chi connectivity index (χ3v) is 11.6. The van der Waals surface area contributed by atoms with E-state index in [0.717, 1.165) is 95.6 Å². The summed E-state index contributed by atoms with van der Waals surface area (Å²) in [5.74, 6) is 2.67. The van der Waals surface area contributed by atoms with Crippen molar-refractivity contribution in [2.75, 3.05) is 5.32 Å². The number of aromatic nitrogens is 6. The molecular weight excluding hydrogens is 726 g/mol. The van der Waals surface area contributed by atoms with Crippen LogP contribution in [0.25, 0.3) is 52.6 Å². The van der Waals surface area contributed by atoms with Crippen molar-refractivity contribution in [2.45, 2.75) is 77.7 Å². The number of thiophene rings is 2. The highest BCUT2D eigenvalue weighted by molar-refractivity contribution is 7.23. The molecule has 8 aromatic rings. The molecule has 2 N–H and O–H groups in total. The Morgan fingerprint density at radius 2 is 1.25 bits per heavy atom. The highest BCUT2D eigenvalue weighted by atomic mass is 35.5. The molecule has 272 valence electrons. The smallest absolute Gasteiger partial charge is 0.154 e. The lowest BCUT2D eigenvalue weighted by atomic mass is 9.93. The molecule has 6 aromatic heterocycles. The van der Waals surface area contributed by atoms with E-state index in [-0.39, 0.29) is 18.3 Å². The van der Waals surface area contributed by atoms with Crippen LogP contribution in [-0.4, -0.2) is 58.7 Å². The molecule has 0 radical (unpaired) electrons. The summed E-state index contributed by atoms with van der Waals surface area (Å²) in [4.78, 5) is 11.1. The number of hydrogen-bond donors (Lipinski definition) is 2. The first-order valence-electron chi connectivity index (χ1n) is 17.9. The lowest BCUT2D eigenvalue weighted by molar-refractivity contribution is 0.126. The van der Waals surface area contributed by atoms with Crippen LogP contribution in [-0.2, 0) is 0 Å². The number of ether oxygens (including phenoxy) is 2. The molecule has 1 saturated carbocycles. The predicted molar refractivity (Wildman–Crippen MR) is 216 cm³/mol. The van der Waals surface area contributed by atoms with Crippen LogP contribution in [0.15, 0.2) is 85.2 Å². The first kappa shape index (κ1) is 35.3. The number of rotatable bonds is 8. The third kappa shape index (κ3) is 7.54. The summed E-state index contributed by atoms with van der Waals surface area (Å²) in [6.07, 6.45) is 7.45. The molecule has 1 aliphatic carbocycles. The number of benzene rings is 2. The molecule has 53 heavy (non-hydrogen) atoms. The summed E-state index contributed by atoms with van der Waals surface area (Å²) in [7, 11) is 0. The van der Waals surface area contributed by atoms with Crippen molar-refractivity contribution in [2.24, 2.45) is 0 Å². The maximum atomic E-state index is 9.73. The van der Waals surface area contributed by atoms with E-state index in [2.05, 4.69) is 44.6 Å². The number of imidazole rings is 2. The molecular formula is C40H40ClN7O3S2. The summed E-state index contributed by atoms with van der Waals surface area (Å²) < 4.78 is 17.9. The Labute approximate surface area is 320 Å². The van der Waals surface area contributed by atoms with Crippen LogP contribution < -0.4 is 14.8 Å². The van der Waals surface area contributed by atoms with Crippen LogP contribution >= 0.6 is 34.3 Å². The largest absolute Gasteiger partial charge is 0.490 e. The monoisotopic (exact) mass is 765 g/mol. The van der Waals surface area contributed by atoms with Gasteiger partial charge in [0, 0.05) is 6.04 Å². The second-order valence-electron chi connectivity index (χ2n) is 13.8. The molecule has 0 aliphatic heterocycles. The first-order chi connectivity index (χ1) is 25.7. The molecule has 1 fully saturated rings. The minimum Gasteiger partial charge on any atom is -0.490 e. The van der Waals surface area contributed by atoms with Crippen molar-refractivity contribution in [1.82, 2.24) is 29.2 Å². The van der Waals surface area contributed by atoms with Crippen LogP contribution in [0.5, 0.6) is 11.5 Å². The molecule has 0 bridgehead atoms. The van der Waals surface area contributed by atoms with E-state index in [9.17, 15) is 5.11 Å². The molecule has 9 rings (SSSR count). The number of fused-ring (bicyclic) bond motifs is 4. The predicted octanol–water partition coefficient (Wildman–Crippen LogP) is 10.2. The summed E-state index contributed by atoms with van der Waals surface area (Å²) in [5, 5.41) is 25.2. The molecule has 1 aliphatic rings. The van der Waals surface area contributed by atoms with E-state index >= 15 is 0 Å². The van der Waals surface area contributed by atoms with Crippen LogP contribution in [0.2, 0.25) is 5.15 Å². The first-order valence-corrected chi connectivity index (χ1v) is 19.9. The molecule has 0 amide bonds. The highest BCUT2D eigenvalue weighted by Crippen LogP contribution is 2.40. The fourth-order valence-corrected chi connectivity index (χ4v) is 8.95. The summed E-state index contributed by atoms with van der Waals surface area (Å²) in [6.45, 7) is 8.15. The summed E-state index contributed by atoms with van der Waals surface area (Å²) >= 11 is 9.40. The average molecular weight is 766 g/mol. The minimum atomic E-state index is -0.156. The van der Waals surface area contributed by atoms with Crippen molar-refractivity contribution in [3.05, 3.63) is 90.3 Å². The van der Waals surface area contributed by atoms with Crippen molar-refractivity contribution in [3.8, 4) is 32.6 Å². The standard InChI is InChI=1S/C23H26N4O2S.C17H14ClN3OS/c1-14(2)29-19-5-3-4-15-12-20(30-23(15)19)18-13-24-22-11-10-21(26-27(18)22)25-16-6-8-17(28)9-7-16;1-10(2)22-13-5-3-4-11-8-14(23-17(11)13)12-9-19-16-7-6-15(18)20-21(12)16/h3-5,10-14,16-17,28H,6-9H2,1-2H3,(H,25,26);3-10H,1-2H3. The van der Waals surface area contributed by atoms with Gasteiger partial charge in [0.05, 0.1) is 49.9 Å². The Morgan fingerprint density at radius 3 is 1.79 bits per heavy atom. The zero-order chi connectivity index (χ0) is 36.6. The van der Waals surface area contributed by atoms with Gasteiger partial charge in [0.15, 0.2) is 11.3 Å². The lowest BCUT2D eigenvalue weighted by Crippen LogP contribution is -2.28. The van der Waals surface area contributed by atoms with Gasteiger partial charge >= 0.3 is 0 Å². The number of aliphatic hydroxyl groups is 1. The Balaban J connectivity index is 0.000000156. The molecule has 0 spiro atoms. The van der Waals surface area contributed by atoms with Crippen LogP contribution in [0, 0.1) is 0 Å². The van der Waals surface area contributed by atoms with E-state index in [4.69, 9.17) is 26.2 Å². The average Bonchev–Trinajstić information content (AvgIpc) is 3.93. The molecule has 0 saturated heterocycles. The number of nitrogens with zero attached hydrogens (tertiary/aromatic N) is 6. The van der Waals surface area contributed by atoms with Gasteiger partial charge in [0.25, 0.3) is 0 Å². The number of halogens is 1. The maximum Gasteiger partial charge on any atom is 0.154 e. The molecule has 0 unspecified atom stereocenters. The van der Waals surface area contributed by atoms with Crippen molar-refractivity contribution in [1.29, 1.82) is 0 Å². The van der Waals surface area contributed by atoms with Crippen molar-refractivity contribution < 1.29 is 14.6 Å². The summed E-state index contributed by atoms with van der Waals surface area (Å²) in [5.41, 5.74) is 3.51. The van der Waals surface area contributed by atoms with E-state index in [1.807, 2.05) is 87.1 Å². The molecule has 10 nitrogen and oxygen atoms in total. The zero-order valence-corrected chi connectivity index (χ0v) is 32.3. The Kier molecular flexibility index (Phi) is 9.95. The Hall–Kier alpha value is -4.75. The van der Waals surface area contributed by atoms with Gasteiger partial charge < -0.3 is 19.9 Å². The fourth-order valence-electron chi connectivity index (χ4n) is 6.59. The number of hydrogen-bond acceptors (Lipinski definition) is 10. The van der Waals surface area contributed by atoms with Crippen molar-refractivity contribution >= 4 is 71.6 Å². The van der Waals surface area contributed by atoms with Gasteiger partial charge in [-0.2, -0.15) is 5.10 Å². The molecule has 13 heteroatoms. The van der Waals surface area contributed by atoms with Gasteiger partial charge in [-0.15, -0.1) is 27.8 Å². The van der Waals surface area contributed by atoms with E-state index in [1.54, 1.807) is 33.3 Å². The summed E-state index contributed by atoms with van der Waals surface area (Å²) in [6, 6.07) is 24.5. The SMILES string of the molecule is CC(C)Oc1cccc2cc(-c3cnc4ccc(Cl)nn34)sc12.CC(C)Oc1cccc2cc(-c3cnc4ccc(NC5CCC(O)CC5)nn34)sc12. The topological polar surface area (TPSA) is 111 Å². The van der Waals surface area contributed by atoms with Crippen LogP contribution in [0.3, 0.4) is 0 Å². The van der Waals surface area contributed by atoms with E-state index in [1.165, 1.54) is 0 Å². The third-order valence-electron chi connectivity index (χ3n) is 8.99. The van der Waals surface area contributed by atoms with Crippen molar-refractivity contribution in [3.63, 3.8) is 0 Å². The van der Waals surface area contributed by atoms with Crippen LogP contribution in [0.1, 0.15) is 53.4 Å². The van der Waals surface area contributed by atoms with Gasteiger partial charge in [-0.1, -0.05) is 35.9 Å². The second-order valence-corrected chi connectivity index (χ2v) is 16.2. The molecule has 2 aromatic carbocycles. The number of anilines is 1.